The van der Waals surface area contributed by atoms with Crippen LogP contribution in [0.15, 0.2) is 30.3 Å². The molecule has 0 fully saturated rings. The van der Waals surface area contributed by atoms with Gasteiger partial charge in [-0.2, -0.15) is 8.78 Å². The Kier molecular flexibility index (Phi) is 6.68. The van der Waals surface area contributed by atoms with Crippen LogP contribution in [0.2, 0.25) is 0 Å². The molecule has 1 aromatic heterocycles. The lowest BCUT2D eigenvalue weighted by atomic mass is 10.2. The molecule has 0 unspecified atom stereocenters. The van der Waals surface area contributed by atoms with Gasteiger partial charge < -0.3 is 14.8 Å². The Bertz CT molecular complexity index is 791. The summed E-state index contributed by atoms with van der Waals surface area (Å²) in [5.74, 6) is -1.42. The molecule has 0 aliphatic heterocycles. The number of hydrogen-bond donors (Lipinski definition) is 1. The smallest absolute Gasteiger partial charge is 0.387 e. The van der Waals surface area contributed by atoms with Gasteiger partial charge in [0.25, 0.3) is 5.91 Å². The third-order valence-electron chi connectivity index (χ3n) is 3.62. The standard InChI is InChI=1S/C18H19F2NO4S/c1-4-12-9-15(26-11(12)3)17(23)24-10(2)16(22)21-13-7-5-6-8-14(13)25-18(19)20/h5-10,18H,4H2,1-3H3,(H,21,22)/t10-/m1/s1. The Hall–Kier alpha value is -2.48. The maximum atomic E-state index is 12.4. The number of esters is 1. The molecule has 1 heterocycles. The highest BCUT2D eigenvalue weighted by Gasteiger charge is 2.22. The van der Waals surface area contributed by atoms with Crippen LogP contribution in [0.25, 0.3) is 0 Å². The van der Waals surface area contributed by atoms with Gasteiger partial charge in [-0.15, -0.1) is 11.3 Å². The number of ether oxygens (including phenoxy) is 2. The molecule has 0 aliphatic carbocycles. The fourth-order valence-electron chi connectivity index (χ4n) is 2.25. The van der Waals surface area contributed by atoms with Crippen LogP contribution < -0.4 is 10.1 Å². The average Bonchev–Trinajstić information content (AvgIpc) is 2.97. The Morgan fingerprint density at radius 1 is 1.27 bits per heavy atom. The maximum Gasteiger partial charge on any atom is 0.387 e. The van der Waals surface area contributed by atoms with Crippen molar-refractivity contribution in [2.24, 2.45) is 0 Å². The van der Waals surface area contributed by atoms with Gasteiger partial charge in [0.15, 0.2) is 6.10 Å². The molecular formula is C18H19F2NO4S. The molecule has 0 bridgehead atoms. The van der Waals surface area contributed by atoms with Gasteiger partial charge >= 0.3 is 12.6 Å². The van der Waals surface area contributed by atoms with Gasteiger partial charge in [-0.3, -0.25) is 4.79 Å². The first kappa shape index (κ1) is 19.8. The zero-order chi connectivity index (χ0) is 19.3. The van der Waals surface area contributed by atoms with Crippen molar-refractivity contribution in [1.82, 2.24) is 0 Å². The second kappa shape index (κ2) is 8.75. The van der Waals surface area contributed by atoms with Crippen molar-refractivity contribution in [3.63, 3.8) is 0 Å². The predicted octanol–water partition coefficient (Wildman–Crippen LogP) is 4.40. The molecule has 140 valence electrons. The van der Waals surface area contributed by atoms with Crippen LogP contribution in [0.1, 0.15) is 34.0 Å². The van der Waals surface area contributed by atoms with Gasteiger partial charge in [-0.05, 0) is 44.0 Å². The Labute approximate surface area is 153 Å². The number of alkyl halides is 2. The predicted molar refractivity (Wildman–Crippen MR) is 95.0 cm³/mol. The molecule has 2 aromatic rings. The van der Waals surface area contributed by atoms with Gasteiger partial charge in [-0.25, -0.2) is 4.79 Å². The molecule has 8 heteroatoms. The molecule has 2 rings (SSSR count). The average molecular weight is 383 g/mol. The van der Waals surface area contributed by atoms with Crippen molar-refractivity contribution in [2.45, 2.75) is 39.9 Å². The van der Waals surface area contributed by atoms with E-state index in [9.17, 15) is 18.4 Å². The van der Waals surface area contributed by atoms with Crippen molar-refractivity contribution >= 4 is 28.9 Å². The van der Waals surface area contributed by atoms with Gasteiger partial charge in [0.1, 0.15) is 10.6 Å². The lowest BCUT2D eigenvalue weighted by Gasteiger charge is -2.15. The highest BCUT2D eigenvalue weighted by atomic mass is 32.1. The number of carbonyl (C=O) groups excluding carboxylic acids is 2. The number of rotatable bonds is 7. The van der Waals surface area contributed by atoms with E-state index in [1.807, 2.05) is 13.8 Å². The first-order valence-electron chi connectivity index (χ1n) is 7.96. The molecule has 26 heavy (non-hydrogen) atoms. The third kappa shape index (κ3) is 5.01. The number of aryl methyl sites for hydroxylation is 2. The molecule has 0 spiro atoms. The second-order valence-corrected chi connectivity index (χ2v) is 6.71. The number of carbonyl (C=O) groups is 2. The van der Waals surface area contributed by atoms with Crippen LogP contribution >= 0.6 is 11.3 Å². The molecule has 1 N–H and O–H groups in total. The van der Waals surface area contributed by atoms with Crippen molar-refractivity contribution < 1.29 is 27.8 Å². The van der Waals surface area contributed by atoms with Crippen LogP contribution in [-0.4, -0.2) is 24.6 Å². The molecule has 0 radical (unpaired) electrons. The minimum Gasteiger partial charge on any atom is -0.448 e. The van der Waals surface area contributed by atoms with Gasteiger partial charge in [0, 0.05) is 4.88 Å². The van der Waals surface area contributed by atoms with Crippen LogP contribution in [0.4, 0.5) is 14.5 Å². The van der Waals surface area contributed by atoms with E-state index in [4.69, 9.17) is 4.74 Å². The van der Waals surface area contributed by atoms with Gasteiger partial charge in [-0.1, -0.05) is 19.1 Å². The van der Waals surface area contributed by atoms with E-state index >= 15 is 0 Å². The highest BCUT2D eigenvalue weighted by molar-refractivity contribution is 7.14. The number of amides is 1. The lowest BCUT2D eigenvalue weighted by molar-refractivity contribution is -0.123. The van der Waals surface area contributed by atoms with Crippen LogP contribution in [0.3, 0.4) is 0 Å². The lowest BCUT2D eigenvalue weighted by Crippen LogP contribution is -2.30. The van der Waals surface area contributed by atoms with Crippen LogP contribution in [0, 0.1) is 6.92 Å². The first-order chi connectivity index (χ1) is 12.3. The van der Waals surface area contributed by atoms with Crippen molar-refractivity contribution in [2.75, 3.05) is 5.32 Å². The molecule has 0 saturated heterocycles. The highest BCUT2D eigenvalue weighted by Crippen LogP contribution is 2.26. The number of halogens is 2. The van der Waals surface area contributed by atoms with E-state index in [2.05, 4.69) is 10.1 Å². The van der Waals surface area contributed by atoms with Gasteiger partial charge in [0.2, 0.25) is 0 Å². The molecule has 1 atom stereocenters. The number of nitrogens with one attached hydrogen (secondary N) is 1. The number of benzene rings is 1. The van der Waals surface area contributed by atoms with E-state index in [0.717, 1.165) is 16.9 Å². The molecule has 1 amide bonds. The molecule has 5 nitrogen and oxygen atoms in total. The van der Waals surface area contributed by atoms with E-state index in [1.54, 1.807) is 12.1 Å². The third-order valence-corrected chi connectivity index (χ3v) is 4.69. The Balaban J connectivity index is 2.02. The van der Waals surface area contributed by atoms with Crippen molar-refractivity contribution in [3.8, 4) is 5.75 Å². The van der Waals surface area contributed by atoms with Crippen molar-refractivity contribution in [1.29, 1.82) is 0 Å². The number of hydrogen-bond acceptors (Lipinski definition) is 5. The quantitative estimate of drug-likeness (QED) is 0.720. The summed E-state index contributed by atoms with van der Waals surface area (Å²) in [5.41, 5.74) is 1.12. The normalized spacial score (nSPS) is 11.9. The molecule has 1 aromatic carbocycles. The minimum absolute atomic E-state index is 0.0703. The SMILES string of the molecule is CCc1cc(C(=O)O[C@H](C)C(=O)Nc2ccccc2OC(F)F)sc1C. The number of para-hydroxylation sites is 2. The first-order valence-corrected chi connectivity index (χ1v) is 8.78. The zero-order valence-corrected chi connectivity index (χ0v) is 15.4. The van der Waals surface area contributed by atoms with E-state index in [1.165, 1.54) is 36.5 Å². The summed E-state index contributed by atoms with van der Waals surface area (Å²) in [7, 11) is 0. The number of anilines is 1. The summed E-state index contributed by atoms with van der Waals surface area (Å²) >= 11 is 1.30. The van der Waals surface area contributed by atoms with E-state index in [-0.39, 0.29) is 11.4 Å². The zero-order valence-electron chi connectivity index (χ0n) is 14.5. The second-order valence-electron chi connectivity index (χ2n) is 5.46. The largest absolute Gasteiger partial charge is 0.448 e. The maximum absolute atomic E-state index is 12.4. The van der Waals surface area contributed by atoms with Crippen molar-refractivity contribution in [3.05, 3.63) is 45.6 Å². The summed E-state index contributed by atoms with van der Waals surface area (Å²) in [6.45, 7) is 2.29. The topological polar surface area (TPSA) is 64.6 Å². The van der Waals surface area contributed by atoms with Crippen LogP contribution in [0.5, 0.6) is 5.75 Å². The summed E-state index contributed by atoms with van der Waals surface area (Å²) in [6, 6.07) is 7.53. The van der Waals surface area contributed by atoms with E-state index < -0.39 is 24.6 Å². The Morgan fingerprint density at radius 3 is 2.58 bits per heavy atom. The fourth-order valence-corrected chi connectivity index (χ4v) is 3.24. The summed E-state index contributed by atoms with van der Waals surface area (Å²) in [4.78, 5) is 25.8. The minimum atomic E-state index is -3.02. The fraction of sp³-hybridized carbons (Fsp3) is 0.333. The van der Waals surface area contributed by atoms with Crippen LogP contribution in [-0.2, 0) is 16.0 Å². The molecular weight excluding hydrogens is 364 g/mol. The summed E-state index contributed by atoms with van der Waals surface area (Å²) in [5, 5.41) is 2.43. The summed E-state index contributed by atoms with van der Waals surface area (Å²) < 4.78 is 34.4. The molecule has 0 aliphatic rings. The monoisotopic (exact) mass is 383 g/mol. The summed E-state index contributed by atoms with van der Waals surface area (Å²) in [6.07, 6.45) is -0.304. The van der Waals surface area contributed by atoms with E-state index in [0.29, 0.717) is 4.88 Å². The number of thiophene rings is 1. The Morgan fingerprint density at radius 2 is 1.96 bits per heavy atom. The molecule has 0 saturated carbocycles. The van der Waals surface area contributed by atoms with Gasteiger partial charge in [0.05, 0.1) is 5.69 Å².